The zero-order valence-corrected chi connectivity index (χ0v) is 19.8. The lowest BCUT2D eigenvalue weighted by Crippen LogP contribution is -2.65. The Kier molecular flexibility index (Phi) is 4.67. The molecule has 5 fully saturated rings. The van der Waals surface area contributed by atoms with E-state index in [1.165, 1.54) is 30.8 Å². The van der Waals surface area contributed by atoms with Gasteiger partial charge in [0.1, 0.15) is 23.7 Å². The molecule has 3 atom stereocenters. The van der Waals surface area contributed by atoms with Crippen LogP contribution in [0.15, 0.2) is 24.5 Å². The summed E-state index contributed by atoms with van der Waals surface area (Å²) in [5, 5.41) is 8.80. The van der Waals surface area contributed by atoms with Gasteiger partial charge in [0.15, 0.2) is 0 Å². The van der Waals surface area contributed by atoms with Crippen LogP contribution in [-0.4, -0.2) is 62.9 Å². The molecule has 2 aromatic rings. The molecule has 1 aromatic carbocycles. The normalized spacial score (nSPS) is 29.8. The number of carbonyl (C=O) groups excluding carboxylic acids is 1. The molecule has 2 amide bonds. The Morgan fingerprint density at radius 2 is 1.85 bits per heavy atom. The van der Waals surface area contributed by atoms with Gasteiger partial charge in [-0.2, -0.15) is 0 Å². The highest BCUT2D eigenvalue weighted by molar-refractivity contribution is 6.32. The van der Waals surface area contributed by atoms with E-state index in [2.05, 4.69) is 14.8 Å². The van der Waals surface area contributed by atoms with Gasteiger partial charge in [-0.1, -0.05) is 11.6 Å². The summed E-state index contributed by atoms with van der Waals surface area (Å²) in [6, 6.07) is 4.96. The summed E-state index contributed by atoms with van der Waals surface area (Å²) in [6.45, 7) is 3.36. The number of amides is 2. The average Bonchev–Trinajstić information content (AvgIpc) is 3.16. The molecular formula is C25H29ClFN5O2. The number of likely N-dealkylation sites (tertiary alicyclic amines) is 2. The molecule has 7 rings (SSSR count). The topological polar surface area (TPSA) is 63.5 Å². The van der Waals surface area contributed by atoms with Crippen LogP contribution in [0.25, 0.3) is 0 Å². The van der Waals surface area contributed by atoms with Crippen molar-refractivity contribution < 1.29 is 13.9 Å². The van der Waals surface area contributed by atoms with E-state index in [-0.39, 0.29) is 18.0 Å². The van der Waals surface area contributed by atoms with Gasteiger partial charge in [0, 0.05) is 43.6 Å². The van der Waals surface area contributed by atoms with Crippen molar-refractivity contribution in [3.63, 3.8) is 0 Å². The van der Waals surface area contributed by atoms with Gasteiger partial charge in [-0.25, -0.2) is 9.18 Å². The van der Waals surface area contributed by atoms with Crippen LogP contribution in [0.3, 0.4) is 0 Å². The molecule has 0 N–H and O–H groups in total. The SMILES string of the molecule is O=C(N1C[C@H]2CC(Oc3ccc(F)cc3Cl)C[C@H]2C1)N1CC2(CC(n3cnnc3C3CC3)C2)C1. The van der Waals surface area contributed by atoms with Gasteiger partial charge in [0.2, 0.25) is 0 Å². The van der Waals surface area contributed by atoms with Crippen molar-refractivity contribution in [2.75, 3.05) is 26.2 Å². The first-order valence-corrected chi connectivity index (χ1v) is 12.9. The van der Waals surface area contributed by atoms with Crippen LogP contribution in [0.4, 0.5) is 9.18 Å². The fourth-order valence-corrected chi connectivity index (χ4v) is 7.12. The molecule has 7 nitrogen and oxygen atoms in total. The molecule has 0 bridgehead atoms. The summed E-state index contributed by atoms with van der Waals surface area (Å²) in [5.74, 6) is 2.89. The van der Waals surface area contributed by atoms with Crippen molar-refractivity contribution in [2.45, 2.75) is 56.6 Å². The number of hydrogen-bond donors (Lipinski definition) is 0. The summed E-state index contributed by atoms with van der Waals surface area (Å²) in [6.07, 6.45) is 8.54. The highest BCUT2D eigenvalue weighted by atomic mass is 35.5. The second-order valence-electron chi connectivity index (χ2n) is 11.3. The monoisotopic (exact) mass is 485 g/mol. The van der Waals surface area contributed by atoms with Crippen molar-refractivity contribution in [3.05, 3.63) is 41.2 Å². The zero-order valence-electron chi connectivity index (χ0n) is 19.1. The highest BCUT2D eigenvalue weighted by Gasteiger charge is 2.56. The molecule has 1 aromatic heterocycles. The minimum absolute atomic E-state index is 0.0765. The van der Waals surface area contributed by atoms with Gasteiger partial charge in [-0.3, -0.25) is 0 Å². The molecule has 3 heterocycles. The maximum absolute atomic E-state index is 13.3. The predicted molar refractivity (Wildman–Crippen MR) is 123 cm³/mol. The smallest absolute Gasteiger partial charge is 0.320 e. The van der Waals surface area contributed by atoms with Gasteiger partial charge < -0.3 is 19.1 Å². The number of fused-ring (bicyclic) bond motifs is 1. The van der Waals surface area contributed by atoms with Crippen LogP contribution in [0, 0.1) is 23.1 Å². The van der Waals surface area contributed by atoms with Crippen LogP contribution < -0.4 is 4.74 Å². The Labute approximate surface area is 203 Å². The Hall–Kier alpha value is -2.35. The lowest BCUT2D eigenvalue weighted by molar-refractivity contribution is -0.0712. The fraction of sp³-hybridized carbons (Fsp3) is 0.640. The summed E-state index contributed by atoms with van der Waals surface area (Å²) >= 11 is 6.12. The molecule has 1 spiro atoms. The first-order chi connectivity index (χ1) is 16.5. The van der Waals surface area contributed by atoms with E-state index in [0.29, 0.717) is 40.0 Å². The Balaban J connectivity index is 0.895. The van der Waals surface area contributed by atoms with Crippen molar-refractivity contribution >= 4 is 17.6 Å². The number of ether oxygens (including phenoxy) is 1. The third-order valence-electron chi connectivity index (χ3n) is 8.76. The number of urea groups is 1. The molecule has 34 heavy (non-hydrogen) atoms. The van der Waals surface area contributed by atoms with Gasteiger partial charge in [0.05, 0.1) is 11.1 Å². The Morgan fingerprint density at radius 1 is 1.12 bits per heavy atom. The van der Waals surface area contributed by atoms with Gasteiger partial charge in [-0.05, 0) is 68.6 Å². The molecule has 2 saturated heterocycles. The molecule has 180 valence electrons. The molecule has 3 saturated carbocycles. The maximum Gasteiger partial charge on any atom is 0.320 e. The summed E-state index contributed by atoms with van der Waals surface area (Å²) in [4.78, 5) is 17.2. The molecule has 3 aliphatic carbocycles. The molecule has 2 aliphatic heterocycles. The minimum atomic E-state index is -0.360. The zero-order chi connectivity index (χ0) is 23.0. The number of aromatic nitrogens is 3. The minimum Gasteiger partial charge on any atom is -0.489 e. The van der Waals surface area contributed by atoms with E-state index in [1.54, 1.807) is 6.07 Å². The van der Waals surface area contributed by atoms with Crippen molar-refractivity contribution in [3.8, 4) is 5.75 Å². The van der Waals surface area contributed by atoms with Crippen LogP contribution in [0.2, 0.25) is 5.02 Å². The van der Waals surface area contributed by atoms with E-state index < -0.39 is 0 Å². The van der Waals surface area contributed by atoms with Crippen molar-refractivity contribution in [1.29, 1.82) is 0 Å². The summed E-state index contributed by atoms with van der Waals surface area (Å²) in [5.41, 5.74) is 0.300. The number of nitrogens with zero attached hydrogens (tertiary/aromatic N) is 5. The van der Waals surface area contributed by atoms with E-state index in [1.807, 2.05) is 16.1 Å². The van der Waals surface area contributed by atoms with E-state index >= 15 is 0 Å². The summed E-state index contributed by atoms with van der Waals surface area (Å²) < 4.78 is 21.6. The van der Waals surface area contributed by atoms with Crippen molar-refractivity contribution in [1.82, 2.24) is 24.6 Å². The van der Waals surface area contributed by atoms with Crippen LogP contribution in [0.5, 0.6) is 5.75 Å². The molecule has 1 unspecified atom stereocenters. The Morgan fingerprint density at radius 3 is 2.53 bits per heavy atom. The van der Waals surface area contributed by atoms with Crippen molar-refractivity contribution in [2.24, 2.45) is 17.3 Å². The molecule has 9 heteroatoms. The molecule has 0 radical (unpaired) electrons. The summed E-state index contributed by atoms with van der Waals surface area (Å²) in [7, 11) is 0. The second kappa shape index (κ2) is 7.57. The van der Waals surface area contributed by atoms with Crippen LogP contribution in [-0.2, 0) is 0 Å². The predicted octanol–water partition coefficient (Wildman–Crippen LogP) is 4.49. The third-order valence-corrected chi connectivity index (χ3v) is 9.06. The fourth-order valence-electron chi connectivity index (χ4n) is 6.91. The lowest BCUT2D eigenvalue weighted by Gasteiger charge is -2.59. The van der Waals surface area contributed by atoms with Gasteiger partial charge in [0.25, 0.3) is 0 Å². The Bertz CT molecular complexity index is 1110. The standard InChI is InChI=1S/C25H29ClFN5O2/c26-21-7-18(27)3-4-22(21)34-20-5-16-10-30(11-17(16)6-20)24(33)31-12-25(13-31)8-19(9-25)32-14-28-29-23(32)15-1-2-15/h3-4,7,14-17,19-20H,1-2,5-6,8-13H2/t16-,17+,20?. The maximum atomic E-state index is 13.3. The van der Waals surface area contributed by atoms with Crippen LogP contribution in [0.1, 0.15) is 56.3 Å². The number of benzene rings is 1. The first kappa shape index (κ1) is 21.0. The van der Waals surface area contributed by atoms with E-state index in [9.17, 15) is 9.18 Å². The largest absolute Gasteiger partial charge is 0.489 e. The molecule has 5 aliphatic rings. The second-order valence-corrected chi connectivity index (χ2v) is 11.7. The van der Waals surface area contributed by atoms with Gasteiger partial charge >= 0.3 is 6.03 Å². The number of rotatable bonds is 4. The third kappa shape index (κ3) is 3.48. The highest BCUT2D eigenvalue weighted by Crippen LogP contribution is 2.55. The van der Waals surface area contributed by atoms with Crippen LogP contribution >= 0.6 is 11.6 Å². The number of halogens is 2. The lowest BCUT2D eigenvalue weighted by atomic mass is 9.60. The first-order valence-electron chi connectivity index (χ1n) is 12.5. The van der Waals surface area contributed by atoms with Gasteiger partial charge in [-0.15, -0.1) is 10.2 Å². The number of hydrogen-bond acceptors (Lipinski definition) is 4. The molecular weight excluding hydrogens is 457 g/mol. The van der Waals surface area contributed by atoms with E-state index in [0.717, 1.165) is 51.9 Å². The van der Waals surface area contributed by atoms with E-state index in [4.69, 9.17) is 16.3 Å². The quantitative estimate of drug-likeness (QED) is 0.640. The number of carbonyl (C=O) groups is 1. The average molecular weight is 486 g/mol.